The van der Waals surface area contributed by atoms with E-state index in [1.807, 2.05) is 0 Å². The van der Waals surface area contributed by atoms with E-state index >= 15 is 0 Å². The number of nitrogens with zero attached hydrogens (tertiary/aromatic N) is 1. The van der Waals surface area contributed by atoms with E-state index in [-0.39, 0.29) is 6.03 Å². The van der Waals surface area contributed by atoms with Crippen LogP contribution in [0, 0.1) is 11.3 Å². The largest absolute Gasteiger partial charge is 0.481 e. The smallest absolute Gasteiger partial charge is 0.317 e. The summed E-state index contributed by atoms with van der Waals surface area (Å²) in [7, 11) is 0. The number of carbonyl (C=O) groups excluding carboxylic acids is 1. The SMILES string of the molecule is CC1(C(=O)O)CCN(C(=O)NCC2CCOCC2)C1. The number of aliphatic carboxylic acids is 1. The first-order valence-corrected chi connectivity index (χ1v) is 6.85. The second-order valence-corrected chi connectivity index (χ2v) is 5.78. The molecule has 0 aromatic heterocycles. The predicted octanol–water partition coefficient (Wildman–Crippen LogP) is 0.919. The highest BCUT2D eigenvalue weighted by Gasteiger charge is 2.42. The van der Waals surface area contributed by atoms with Crippen molar-refractivity contribution >= 4 is 12.0 Å². The molecule has 108 valence electrons. The van der Waals surface area contributed by atoms with Crippen molar-refractivity contribution in [1.82, 2.24) is 10.2 Å². The Labute approximate surface area is 113 Å². The summed E-state index contributed by atoms with van der Waals surface area (Å²) in [5, 5.41) is 12.0. The minimum Gasteiger partial charge on any atom is -0.481 e. The van der Waals surface area contributed by atoms with Gasteiger partial charge in [-0.3, -0.25) is 4.79 Å². The summed E-state index contributed by atoms with van der Waals surface area (Å²) in [5.41, 5.74) is -0.796. The van der Waals surface area contributed by atoms with E-state index in [2.05, 4.69) is 5.32 Å². The number of carboxylic acid groups (broad SMARTS) is 1. The number of rotatable bonds is 3. The number of likely N-dealkylation sites (tertiary alicyclic amines) is 1. The standard InChI is InChI=1S/C13H22N2O4/c1-13(11(16)17)4-5-15(9-13)12(18)14-8-10-2-6-19-7-3-10/h10H,2-9H2,1H3,(H,14,18)(H,16,17). The van der Waals surface area contributed by atoms with Gasteiger partial charge in [-0.1, -0.05) is 0 Å². The number of hydrogen-bond donors (Lipinski definition) is 2. The van der Waals surface area contributed by atoms with Crippen molar-refractivity contribution in [3.63, 3.8) is 0 Å². The number of nitrogens with one attached hydrogen (secondary N) is 1. The number of carbonyl (C=O) groups is 2. The molecule has 1 atom stereocenters. The average Bonchev–Trinajstić information content (AvgIpc) is 2.81. The van der Waals surface area contributed by atoms with E-state index in [0.29, 0.717) is 32.0 Å². The zero-order valence-electron chi connectivity index (χ0n) is 11.4. The maximum absolute atomic E-state index is 12.0. The molecule has 2 aliphatic rings. The van der Waals surface area contributed by atoms with Crippen molar-refractivity contribution < 1.29 is 19.4 Å². The van der Waals surface area contributed by atoms with Gasteiger partial charge in [-0.05, 0) is 32.1 Å². The highest BCUT2D eigenvalue weighted by molar-refractivity contribution is 5.79. The monoisotopic (exact) mass is 270 g/mol. The fourth-order valence-electron chi connectivity index (χ4n) is 2.60. The van der Waals surface area contributed by atoms with Gasteiger partial charge in [-0.15, -0.1) is 0 Å². The molecule has 2 fully saturated rings. The quantitative estimate of drug-likeness (QED) is 0.799. The predicted molar refractivity (Wildman–Crippen MR) is 68.9 cm³/mol. The van der Waals surface area contributed by atoms with Gasteiger partial charge in [0, 0.05) is 32.8 Å². The Kier molecular flexibility index (Phi) is 4.29. The Morgan fingerprint density at radius 2 is 2.11 bits per heavy atom. The van der Waals surface area contributed by atoms with Gasteiger partial charge < -0.3 is 20.1 Å². The zero-order valence-corrected chi connectivity index (χ0v) is 11.4. The molecule has 0 spiro atoms. The van der Waals surface area contributed by atoms with Crippen LogP contribution in [0.15, 0.2) is 0 Å². The molecule has 2 aliphatic heterocycles. The third-order valence-electron chi connectivity index (χ3n) is 4.16. The van der Waals surface area contributed by atoms with Gasteiger partial charge >= 0.3 is 12.0 Å². The van der Waals surface area contributed by atoms with E-state index in [9.17, 15) is 9.59 Å². The maximum atomic E-state index is 12.0. The molecule has 0 aromatic carbocycles. The molecule has 2 amide bonds. The summed E-state index contributed by atoms with van der Waals surface area (Å²) in [6, 6.07) is -0.142. The third kappa shape index (κ3) is 3.37. The summed E-state index contributed by atoms with van der Waals surface area (Å²) >= 11 is 0. The molecule has 0 saturated carbocycles. The van der Waals surface area contributed by atoms with Gasteiger partial charge in [0.05, 0.1) is 5.41 Å². The molecule has 0 aromatic rings. The van der Waals surface area contributed by atoms with Crippen LogP contribution in [0.3, 0.4) is 0 Å². The van der Waals surface area contributed by atoms with Crippen LogP contribution in [0.4, 0.5) is 4.79 Å². The van der Waals surface area contributed by atoms with E-state index in [1.54, 1.807) is 11.8 Å². The Morgan fingerprint density at radius 1 is 1.42 bits per heavy atom. The summed E-state index contributed by atoms with van der Waals surface area (Å²) in [5.74, 6) is -0.349. The van der Waals surface area contributed by atoms with E-state index in [0.717, 1.165) is 26.1 Å². The van der Waals surface area contributed by atoms with Crippen molar-refractivity contribution in [2.45, 2.75) is 26.2 Å². The van der Waals surface area contributed by atoms with E-state index < -0.39 is 11.4 Å². The van der Waals surface area contributed by atoms with Crippen LogP contribution in [0.2, 0.25) is 0 Å². The minimum absolute atomic E-state index is 0.142. The third-order valence-corrected chi connectivity index (χ3v) is 4.16. The summed E-state index contributed by atoms with van der Waals surface area (Å²) in [6.45, 7) is 4.69. The second-order valence-electron chi connectivity index (χ2n) is 5.78. The van der Waals surface area contributed by atoms with Gasteiger partial charge in [-0.2, -0.15) is 0 Å². The van der Waals surface area contributed by atoms with Gasteiger partial charge in [0.1, 0.15) is 0 Å². The normalized spacial score (nSPS) is 28.4. The molecule has 2 heterocycles. The van der Waals surface area contributed by atoms with Gasteiger partial charge in [0.2, 0.25) is 0 Å². The first-order chi connectivity index (χ1) is 9.01. The van der Waals surface area contributed by atoms with Gasteiger partial charge in [0.25, 0.3) is 0 Å². The van der Waals surface area contributed by atoms with Crippen molar-refractivity contribution in [3.8, 4) is 0 Å². The van der Waals surface area contributed by atoms with Crippen LogP contribution in [-0.2, 0) is 9.53 Å². The molecule has 19 heavy (non-hydrogen) atoms. The van der Waals surface area contributed by atoms with Gasteiger partial charge in [0.15, 0.2) is 0 Å². The van der Waals surface area contributed by atoms with E-state index in [1.165, 1.54) is 0 Å². The van der Waals surface area contributed by atoms with Crippen LogP contribution in [0.5, 0.6) is 0 Å². The average molecular weight is 270 g/mol. The fourth-order valence-corrected chi connectivity index (χ4v) is 2.60. The van der Waals surface area contributed by atoms with E-state index in [4.69, 9.17) is 9.84 Å². The Morgan fingerprint density at radius 3 is 2.68 bits per heavy atom. The Bertz CT molecular complexity index is 355. The molecule has 0 aliphatic carbocycles. The van der Waals surface area contributed by atoms with Crippen LogP contribution >= 0.6 is 0 Å². The topological polar surface area (TPSA) is 78.9 Å². The van der Waals surface area contributed by atoms with Gasteiger partial charge in [-0.25, -0.2) is 4.79 Å². The zero-order chi connectivity index (χ0) is 13.9. The van der Waals surface area contributed by atoms with Crippen LogP contribution in [0.1, 0.15) is 26.2 Å². The maximum Gasteiger partial charge on any atom is 0.317 e. The first kappa shape index (κ1) is 14.1. The molecule has 0 bridgehead atoms. The van der Waals surface area contributed by atoms with Crippen molar-refractivity contribution in [2.75, 3.05) is 32.8 Å². The highest BCUT2D eigenvalue weighted by atomic mass is 16.5. The molecular weight excluding hydrogens is 248 g/mol. The molecule has 1 unspecified atom stereocenters. The first-order valence-electron chi connectivity index (χ1n) is 6.85. The Hall–Kier alpha value is -1.30. The lowest BCUT2D eigenvalue weighted by atomic mass is 9.90. The number of urea groups is 1. The molecule has 2 rings (SSSR count). The lowest BCUT2D eigenvalue weighted by Crippen LogP contribution is -2.43. The number of hydrogen-bond acceptors (Lipinski definition) is 3. The second kappa shape index (κ2) is 5.77. The molecule has 6 heteroatoms. The lowest BCUT2D eigenvalue weighted by Gasteiger charge is -2.24. The molecular formula is C13H22N2O4. The van der Waals surface area contributed by atoms with Crippen molar-refractivity contribution in [1.29, 1.82) is 0 Å². The number of amides is 2. The molecule has 6 nitrogen and oxygen atoms in total. The summed E-state index contributed by atoms with van der Waals surface area (Å²) in [6.07, 6.45) is 2.48. The summed E-state index contributed by atoms with van der Waals surface area (Å²) < 4.78 is 5.27. The summed E-state index contributed by atoms with van der Waals surface area (Å²) in [4.78, 5) is 24.7. The highest BCUT2D eigenvalue weighted by Crippen LogP contribution is 2.30. The minimum atomic E-state index is -0.827. The molecule has 2 saturated heterocycles. The van der Waals surface area contributed by atoms with Crippen molar-refractivity contribution in [3.05, 3.63) is 0 Å². The fraction of sp³-hybridized carbons (Fsp3) is 0.846. The van der Waals surface area contributed by atoms with Crippen LogP contribution in [0.25, 0.3) is 0 Å². The Balaban J connectivity index is 1.76. The molecule has 0 radical (unpaired) electrons. The lowest BCUT2D eigenvalue weighted by molar-refractivity contribution is -0.147. The number of carboxylic acids is 1. The van der Waals surface area contributed by atoms with Crippen LogP contribution < -0.4 is 5.32 Å². The van der Waals surface area contributed by atoms with Crippen LogP contribution in [-0.4, -0.2) is 54.9 Å². The van der Waals surface area contributed by atoms with Crippen molar-refractivity contribution in [2.24, 2.45) is 11.3 Å². The molecule has 2 N–H and O–H groups in total. The number of ether oxygens (including phenoxy) is 1.